The van der Waals surface area contributed by atoms with Gasteiger partial charge in [-0.05, 0) is 24.6 Å². The highest BCUT2D eigenvalue weighted by Gasteiger charge is 2.17. The van der Waals surface area contributed by atoms with Gasteiger partial charge in [-0.25, -0.2) is 8.42 Å². The van der Waals surface area contributed by atoms with Crippen molar-refractivity contribution in [2.75, 3.05) is 11.8 Å². The molecule has 0 unspecified atom stereocenters. The molecule has 0 aliphatic heterocycles. The van der Waals surface area contributed by atoms with Gasteiger partial charge in [0, 0.05) is 12.7 Å². The average molecular weight is 291 g/mol. The van der Waals surface area contributed by atoms with E-state index in [2.05, 4.69) is 4.72 Å². The quantitative estimate of drug-likeness (QED) is 0.921. The van der Waals surface area contributed by atoms with Crippen LogP contribution in [0.4, 0.5) is 5.69 Å². The Labute approximate surface area is 119 Å². The third-order valence-electron chi connectivity index (χ3n) is 2.94. The molecule has 0 heterocycles. The van der Waals surface area contributed by atoms with Crippen LogP contribution in [0.2, 0.25) is 0 Å². The minimum atomic E-state index is -3.59. The van der Waals surface area contributed by atoms with E-state index in [1.165, 1.54) is 0 Å². The summed E-state index contributed by atoms with van der Waals surface area (Å²) in [6.07, 6.45) is 0. The molecule has 0 amide bonds. The maximum absolute atomic E-state index is 12.4. The van der Waals surface area contributed by atoms with Gasteiger partial charge in [0.2, 0.25) is 0 Å². The van der Waals surface area contributed by atoms with Crippen LogP contribution in [0.3, 0.4) is 0 Å². The van der Waals surface area contributed by atoms with Gasteiger partial charge in [0.15, 0.2) is 0 Å². The molecule has 2 rings (SSSR count). The fourth-order valence-corrected chi connectivity index (χ4v) is 3.31. The summed E-state index contributed by atoms with van der Waals surface area (Å²) in [5, 5.41) is 0. The number of hydrogen-bond donors (Lipinski definition) is 1. The molecule has 0 aliphatic rings. The van der Waals surface area contributed by atoms with Crippen molar-refractivity contribution < 1.29 is 13.2 Å². The summed E-state index contributed by atoms with van der Waals surface area (Å²) in [5.41, 5.74) is 2.05. The molecule has 4 nitrogen and oxygen atoms in total. The van der Waals surface area contributed by atoms with E-state index in [9.17, 15) is 8.42 Å². The van der Waals surface area contributed by atoms with Crippen LogP contribution >= 0.6 is 0 Å². The third kappa shape index (κ3) is 3.18. The molecule has 0 bridgehead atoms. The van der Waals surface area contributed by atoms with Gasteiger partial charge in [-0.1, -0.05) is 36.4 Å². The lowest BCUT2D eigenvalue weighted by Crippen LogP contribution is -2.15. The molecule has 106 valence electrons. The number of methoxy groups -OCH3 is 1. The van der Waals surface area contributed by atoms with E-state index in [-0.39, 0.29) is 4.90 Å². The smallest absolute Gasteiger partial charge is 0.262 e. The van der Waals surface area contributed by atoms with E-state index in [0.29, 0.717) is 17.9 Å². The summed E-state index contributed by atoms with van der Waals surface area (Å²) < 4.78 is 32.6. The van der Waals surface area contributed by atoms with Crippen LogP contribution in [0, 0.1) is 6.92 Å². The van der Waals surface area contributed by atoms with Crippen LogP contribution in [0.1, 0.15) is 11.1 Å². The zero-order valence-electron chi connectivity index (χ0n) is 11.5. The standard InChI is InChI=1S/C15H17NO3S/c1-12-7-3-6-10-15(12)20(17,18)16-14-9-5-4-8-13(14)11-19-2/h3-10,16H,11H2,1-2H3. The summed E-state index contributed by atoms with van der Waals surface area (Å²) in [4.78, 5) is 0.284. The number of ether oxygens (including phenoxy) is 1. The van der Waals surface area contributed by atoms with E-state index in [4.69, 9.17) is 4.74 Å². The number of benzene rings is 2. The average Bonchev–Trinajstić information content (AvgIpc) is 2.41. The number of nitrogens with one attached hydrogen (secondary N) is 1. The number of aryl methyl sites for hydroxylation is 1. The van der Waals surface area contributed by atoms with Crippen molar-refractivity contribution >= 4 is 15.7 Å². The zero-order valence-corrected chi connectivity index (χ0v) is 12.3. The summed E-state index contributed by atoms with van der Waals surface area (Å²) in [7, 11) is -2.01. The highest BCUT2D eigenvalue weighted by molar-refractivity contribution is 7.92. The highest BCUT2D eigenvalue weighted by Crippen LogP contribution is 2.22. The lowest BCUT2D eigenvalue weighted by Gasteiger charge is -2.13. The molecule has 0 aliphatic carbocycles. The van der Waals surface area contributed by atoms with Crippen molar-refractivity contribution in [2.45, 2.75) is 18.4 Å². The minimum absolute atomic E-state index is 0.284. The van der Waals surface area contributed by atoms with Crippen LogP contribution < -0.4 is 4.72 Å². The summed E-state index contributed by atoms with van der Waals surface area (Å²) in [6.45, 7) is 2.13. The van der Waals surface area contributed by atoms with Crippen molar-refractivity contribution in [3.8, 4) is 0 Å². The number of hydrogen-bond acceptors (Lipinski definition) is 3. The normalized spacial score (nSPS) is 11.3. The Morgan fingerprint density at radius 3 is 2.40 bits per heavy atom. The van der Waals surface area contributed by atoms with E-state index in [1.54, 1.807) is 44.4 Å². The van der Waals surface area contributed by atoms with Crippen molar-refractivity contribution in [3.05, 3.63) is 59.7 Å². The Hall–Kier alpha value is -1.85. The summed E-state index contributed by atoms with van der Waals surface area (Å²) in [6, 6.07) is 14.1. The largest absolute Gasteiger partial charge is 0.380 e. The molecule has 0 spiro atoms. The van der Waals surface area contributed by atoms with Crippen LogP contribution in [0.15, 0.2) is 53.4 Å². The van der Waals surface area contributed by atoms with Crippen molar-refractivity contribution in [3.63, 3.8) is 0 Å². The van der Waals surface area contributed by atoms with Gasteiger partial charge in [0.1, 0.15) is 0 Å². The maximum atomic E-state index is 12.4. The third-order valence-corrected chi connectivity index (χ3v) is 4.47. The molecule has 2 aromatic carbocycles. The fourth-order valence-electron chi connectivity index (χ4n) is 1.96. The van der Waals surface area contributed by atoms with Gasteiger partial charge in [0.25, 0.3) is 10.0 Å². The van der Waals surface area contributed by atoms with Crippen LogP contribution in [0.25, 0.3) is 0 Å². The minimum Gasteiger partial charge on any atom is -0.380 e. The van der Waals surface area contributed by atoms with Crippen molar-refractivity contribution in [1.82, 2.24) is 0 Å². The number of para-hydroxylation sites is 1. The van der Waals surface area contributed by atoms with Crippen LogP contribution in [0.5, 0.6) is 0 Å². The Bertz CT molecular complexity index is 696. The molecule has 5 heteroatoms. The van der Waals surface area contributed by atoms with Gasteiger partial charge in [-0.2, -0.15) is 0 Å². The Morgan fingerprint density at radius 1 is 1.05 bits per heavy atom. The van der Waals surface area contributed by atoms with E-state index >= 15 is 0 Å². The Kier molecular flexibility index (Phi) is 4.42. The van der Waals surface area contributed by atoms with Gasteiger partial charge in [-0.3, -0.25) is 4.72 Å². The molecule has 20 heavy (non-hydrogen) atoms. The second kappa shape index (κ2) is 6.07. The zero-order chi connectivity index (χ0) is 14.6. The summed E-state index contributed by atoms with van der Waals surface area (Å²) in [5.74, 6) is 0. The SMILES string of the molecule is COCc1ccccc1NS(=O)(=O)c1ccccc1C. The second-order valence-corrected chi connectivity index (χ2v) is 6.11. The monoisotopic (exact) mass is 291 g/mol. The molecule has 0 saturated heterocycles. The molecule has 0 aromatic heterocycles. The van der Waals surface area contributed by atoms with Gasteiger partial charge in [0.05, 0.1) is 17.2 Å². The molecule has 0 fully saturated rings. The lowest BCUT2D eigenvalue weighted by atomic mass is 10.2. The van der Waals surface area contributed by atoms with E-state index in [0.717, 1.165) is 5.56 Å². The molecule has 2 aromatic rings. The topological polar surface area (TPSA) is 55.4 Å². The van der Waals surface area contributed by atoms with E-state index in [1.807, 2.05) is 18.2 Å². The lowest BCUT2D eigenvalue weighted by molar-refractivity contribution is 0.185. The predicted octanol–water partition coefficient (Wildman–Crippen LogP) is 2.94. The number of anilines is 1. The van der Waals surface area contributed by atoms with Gasteiger partial charge in [-0.15, -0.1) is 0 Å². The first-order valence-electron chi connectivity index (χ1n) is 6.20. The first kappa shape index (κ1) is 14.6. The van der Waals surface area contributed by atoms with Gasteiger partial charge < -0.3 is 4.74 Å². The molecule has 0 radical (unpaired) electrons. The van der Waals surface area contributed by atoms with Gasteiger partial charge >= 0.3 is 0 Å². The first-order valence-corrected chi connectivity index (χ1v) is 7.68. The highest BCUT2D eigenvalue weighted by atomic mass is 32.2. The van der Waals surface area contributed by atoms with Crippen molar-refractivity contribution in [2.24, 2.45) is 0 Å². The number of rotatable bonds is 5. The van der Waals surface area contributed by atoms with Crippen molar-refractivity contribution in [1.29, 1.82) is 0 Å². The maximum Gasteiger partial charge on any atom is 0.262 e. The molecule has 1 N–H and O–H groups in total. The Morgan fingerprint density at radius 2 is 1.70 bits per heavy atom. The molecular weight excluding hydrogens is 274 g/mol. The second-order valence-electron chi connectivity index (χ2n) is 4.46. The number of sulfonamides is 1. The fraction of sp³-hybridized carbons (Fsp3) is 0.200. The molecule has 0 saturated carbocycles. The predicted molar refractivity (Wildman–Crippen MR) is 79.1 cm³/mol. The van der Waals surface area contributed by atoms with E-state index < -0.39 is 10.0 Å². The Balaban J connectivity index is 2.37. The molecule has 0 atom stereocenters. The first-order chi connectivity index (χ1) is 9.54. The van der Waals surface area contributed by atoms with Crippen LogP contribution in [-0.2, 0) is 21.4 Å². The molecular formula is C15H17NO3S. The van der Waals surface area contributed by atoms with Crippen LogP contribution in [-0.4, -0.2) is 15.5 Å². The summed E-state index contributed by atoms with van der Waals surface area (Å²) >= 11 is 0.